The van der Waals surface area contributed by atoms with Crippen molar-refractivity contribution in [1.29, 1.82) is 0 Å². The fourth-order valence-corrected chi connectivity index (χ4v) is 3.76. The van der Waals surface area contributed by atoms with Crippen LogP contribution in [0.3, 0.4) is 0 Å². The Morgan fingerprint density at radius 3 is 2.54 bits per heavy atom. The molecule has 1 unspecified atom stereocenters. The Morgan fingerprint density at radius 2 is 1.96 bits per heavy atom. The molecule has 2 N–H and O–H groups in total. The van der Waals surface area contributed by atoms with Crippen LogP contribution in [0.25, 0.3) is 0 Å². The summed E-state index contributed by atoms with van der Waals surface area (Å²) in [5, 5.41) is 17.1. The zero-order valence-corrected chi connectivity index (χ0v) is 15.9. The number of carboxylic acid groups (broad SMARTS) is 1. The van der Waals surface area contributed by atoms with Crippen LogP contribution in [-0.2, 0) is 4.79 Å². The van der Waals surface area contributed by atoms with Crippen molar-refractivity contribution >= 4 is 27.6 Å². The number of benzene rings is 1. The van der Waals surface area contributed by atoms with Gasteiger partial charge >= 0.3 is 5.97 Å². The molecule has 130 valence electrons. The van der Waals surface area contributed by atoms with Crippen molar-refractivity contribution in [3.05, 3.63) is 40.0 Å². The van der Waals surface area contributed by atoms with Crippen LogP contribution in [-0.4, -0.2) is 40.8 Å². The summed E-state index contributed by atoms with van der Waals surface area (Å²) in [7, 11) is 0. The van der Waals surface area contributed by atoms with Crippen LogP contribution in [0.4, 0.5) is 5.69 Å². The highest BCUT2D eigenvalue weighted by molar-refractivity contribution is 9.10. The number of hydrogen-bond acceptors (Lipinski definition) is 4. The number of nitrogens with one attached hydrogen (secondary N) is 1. The predicted octanol–water partition coefficient (Wildman–Crippen LogP) is 3.38. The molecule has 0 saturated heterocycles. The fraction of sp³-hybridized carbons (Fsp3) is 0.500. The maximum absolute atomic E-state index is 11.3. The Bertz CT molecular complexity index is 664. The van der Waals surface area contributed by atoms with Gasteiger partial charge in [0.15, 0.2) is 0 Å². The van der Waals surface area contributed by atoms with Crippen LogP contribution in [0, 0.1) is 0 Å². The Morgan fingerprint density at radius 1 is 1.29 bits per heavy atom. The van der Waals surface area contributed by atoms with E-state index in [2.05, 4.69) is 76.3 Å². The molecule has 2 heterocycles. The SMILES string of the molecule is CC(C)(C)N1C2=C(CCC(C(=O)O)NC2)CN1c1ccc(Br)cc1. The van der Waals surface area contributed by atoms with Crippen molar-refractivity contribution in [2.45, 2.75) is 45.2 Å². The van der Waals surface area contributed by atoms with Crippen LogP contribution in [0.1, 0.15) is 33.6 Å². The molecule has 1 atom stereocenters. The summed E-state index contributed by atoms with van der Waals surface area (Å²) in [5.41, 5.74) is 3.61. The molecule has 24 heavy (non-hydrogen) atoms. The maximum atomic E-state index is 11.3. The molecule has 0 bridgehead atoms. The van der Waals surface area contributed by atoms with E-state index in [4.69, 9.17) is 0 Å². The molecule has 5 nitrogen and oxygen atoms in total. The second-order valence-electron chi connectivity index (χ2n) is 7.38. The minimum Gasteiger partial charge on any atom is -0.480 e. The van der Waals surface area contributed by atoms with E-state index in [1.807, 2.05) is 0 Å². The Kier molecular flexibility index (Phi) is 4.62. The summed E-state index contributed by atoms with van der Waals surface area (Å²) in [6.07, 6.45) is 1.46. The number of hydrogen-bond donors (Lipinski definition) is 2. The molecule has 0 aliphatic carbocycles. The van der Waals surface area contributed by atoms with Crippen LogP contribution in [0.2, 0.25) is 0 Å². The maximum Gasteiger partial charge on any atom is 0.320 e. The first-order valence-corrected chi connectivity index (χ1v) is 9.07. The second kappa shape index (κ2) is 6.41. The number of rotatable bonds is 2. The van der Waals surface area contributed by atoms with E-state index < -0.39 is 12.0 Å². The number of anilines is 1. The number of halogens is 1. The highest BCUT2D eigenvalue weighted by Gasteiger charge is 2.38. The third-order valence-corrected chi connectivity index (χ3v) is 5.08. The monoisotopic (exact) mass is 393 g/mol. The van der Waals surface area contributed by atoms with Crippen LogP contribution in [0.15, 0.2) is 40.0 Å². The Balaban J connectivity index is 1.91. The quantitative estimate of drug-likeness (QED) is 0.806. The van der Waals surface area contributed by atoms with Crippen molar-refractivity contribution in [2.75, 3.05) is 18.1 Å². The summed E-state index contributed by atoms with van der Waals surface area (Å²) in [6, 6.07) is 7.88. The first kappa shape index (κ1) is 17.3. The lowest BCUT2D eigenvalue weighted by Gasteiger charge is -2.43. The topological polar surface area (TPSA) is 55.8 Å². The summed E-state index contributed by atoms with van der Waals surface area (Å²) >= 11 is 3.49. The van der Waals surface area contributed by atoms with Crippen molar-refractivity contribution in [3.8, 4) is 0 Å². The zero-order chi connectivity index (χ0) is 17.5. The van der Waals surface area contributed by atoms with E-state index in [1.54, 1.807) is 0 Å². The van der Waals surface area contributed by atoms with Gasteiger partial charge in [0, 0.05) is 11.0 Å². The van der Waals surface area contributed by atoms with Crippen molar-refractivity contribution in [2.24, 2.45) is 0 Å². The van der Waals surface area contributed by atoms with Gasteiger partial charge in [0.05, 0.1) is 23.5 Å². The van der Waals surface area contributed by atoms with Gasteiger partial charge in [-0.25, -0.2) is 0 Å². The highest BCUT2D eigenvalue weighted by Crippen LogP contribution is 2.37. The number of hydrazine groups is 1. The van der Waals surface area contributed by atoms with Gasteiger partial charge in [0.2, 0.25) is 0 Å². The third kappa shape index (κ3) is 3.30. The van der Waals surface area contributed by atoms with Crippen LogP contribution >= 0.6 is 15.9 Å². The molecule has 6 heteroatoms. The van der Waals surface area contributed by atoms with E-state index in [9.17, 15) is 9.90 Å². The molecular weight excluding hydrogens is 370 g/mol. The zero-order valence-electron chi connectivity index (χ0n) is 14.3. The summed E-state index contributed by atoms with van der Waals surface area (Å²) in [4.78, 5) is 11.3. The number of aliphatic carboxylic acids is 1. The average molecular weight is 394 g/mol. The molecule has 1 aromatic rings. The Labute approximate surface area is 151 Å². The van der Waals surface area contributed by atoms with Crippen molar-refractivity contribution in [3.63, 3.8) is 0 Å². The third-order valence-electron chi connectivity index (χ3n) is 4.55. The van der Waals surface area contributed by atoms with Gasteiger partial charge in [-0.05, 0) is 63.5 Å². The molecule has 1 aromatic carbocycles. The van der Waals surface area contributed by atoms with Gasteiger partial charge in [0.25, 0.3) is 0 Å². The van der Waals surface area contributed by atoms with Crippen LogP contribution < -0.4 is 10.3 Å². The predicted molar refractivity (Wildman–Crippen MR) is 98.8 cm³/mol. The minimum absolute atomic E-state index is 0.0884. The second-order valence-corrected chi connectivity index (χ2v) is 8.29. The molecule has 2 aliphatic rings. The lowest BCUT2D eigenvalue weighted by Crippen LogP contribution is -2.51. The molecule has 3 rings (SSSR count). The summed E-state index contributed by atoms with van der Waals surface area (Å²) in [5.74, 6) is -0.761. The minimum atomic E-state index is -0.761. The molecule has 2 aliphatic heterocycles. The fourth-order valence-electron chi connectivity index (χ4n) is 3.50. The van der Waals surface area contributed by atoms with Gasteiger partial charge in [0.1, 0.15) is 6.04 Å². The molecule has 0 fully saturated rings. The normalized spacial score (nSPS) is 21.8. The molecule has 0 amide bonds. The lowest BCUT2D eigenvalue weighted by molar-refractivity contribution is -0.139. The van der Waals surface area contributed by atoms with Crippen LogP contribution in [0.5, 0.6) is 0 Å². The van der Waals surface area contributed by atoms with E-state index in [0.717, 1.165) is 23.1 Å². The largest absolute Gasteiger partial charge is 0.480 e. The van der Waals surface area contributed by atoms with Crippen molar-refractivity contribution < 1.29 is 9.90 Å². The summed E-state index contributed by atoms with van der Waals surface area (Å²) in [6.45, 7) is 7.98. The molecule has 0 saturated carbocycles. The first-order chi connectivity index (χ1) is 11.3. The van der Waals surface area contributed by atoms with Gasteiger partial charge < -0.3 is 5.11 Å². The standard InChI is InChI=1S/C18H24BrN3O2/c1-18(2,3)22-16-10-20-15(17(23)24)9-4-12(16)11-21(22)14-7-5-13(19)6-8-14/h5-8,15,20H,4,9-11H2,1-3H3,(H,23,24). The van der Waals surface area contributed by atoms with Crippen molar-refractivity contribution in [1.82, 2.24) is 10.3 Å². The average Bonchev–Trinajstić information content (AvgIpc) is 2.74. The lowest BCUT2D eigenvalue weighted by atomic mass is 10.0. The van der Waals surface area contributed by atoms with E-state index in [0.29, 0.717) is 13.0 Å². The molecule has 0 aromatic heterocycles. The molecule has 0 spiro atoms. The van der Waals surface area contributed by atoms with E-state index in [1.165, 1.54) is 11.3 Å². The molecule has 0 radical (unpaired) electrons. The number of carbonyl (C=O) groups is 1. The van der Waals surface area contributed by atoms with Gasteiger partial charge in [-0.15, -0.1) is 0 Å². The van der Waals surface area contributed by atoms with Gasteiger partial charge in [-0.1, -0.05) is 15.9 Å². The smallest absolute Gasteiger partial charge is 0.320 e. The van der Waals surface area contributed by atoms with E-state index in [-0.39, 0.29) is 5.54 Å². The molecular formula is C18H24BrN3O2. The highest BCUT2D eigenvalue weighted by atomic mass is 79.9. The summed E-state index contributed by atoms with van der Waals surface area (Å²) < 4.78 is 1.06. The first-order valence-electron chi connectivity index (χ1n) is 8.27. The van der Waals surface area contributed by atoms with Gasteiger partial charge in [-0.3, -0.25) is 20.1 Å². The Hall–Kier alpha value is -1.53. The van der Waals surface area contributed by atoms with E-state index >= 15 is 0 Å². The van der Waals surface area contributed by atoms with Gasteiger partial charge in [-0.2, -0.15) is 0 Å². The number of nitrogens with zero attached hydrogens (tertiary/aromatic N) is 2. The number of carboxylic acids is 1.